The van der Waals surface area contributed by atoms with Gasteiger partial charge in [0.25, 0.3) is 0 Å². The van der Waals surface area contributed by atoms with Gasteiger partial charge in [-0.05, 0) is 12.1 Å². The monoisotopic (exact) mass is 462 g/mol. The summed E-state index contributed by atoms with van der Waals surface area (Å²) in [6.45, 7) is 0. The Hall–Kier alpha value is -3.82. The number of benzene rings is 2. The van der Waals surface area contributed by atoms with Crippen molar-refractivity contribution in [3.8, 4) is 17.2 Å². The van der Waals surface area contributed by atoms with Crippen LogP contribution < -0.4 is 14.2 Å². The molecule has 0 bridgehead atoms. The van der Waals surface area contributed by atoms with Crippen molar-refractivity contribution < 1.29 is 46.5 Å². The average molecular weight is 462 g/mol. The van der Waals surface area contributed by atoms with Crippen molar-refractivity contribution in [2.75, 3.05) is 21.3 Å². The van der Waals surface area contributed by atoms with E-state index in [0.717, 1.165) is 0 Å². The molecule has 10 heteroatoms. The molecule has 2 unspecified atom stereocenters. The Morgan fingerprint density at radius 1 is 0.909 bits per heavy atom. The highest BCUT2D eigenvalue weighted by molar-refractivity contribution is 6.28. The lowest BCUT2D eigenvalue weighted by Crippen LogP contribution is -2.40. The summed E-state index contributed by atoms with van der Waals surface area (Å²) in [4.78, 5) is 39.4. The van der Waals surface area contributed by atoms with E-state index >= 15 is 0 Å². The highest BCUT2D eigenvalue weighted by atomic mass is 19.4. The minimum Gasteiger partial charge on any atom is -0.493 e. The van der Waals surface area contributed by atoms with Crippen LogP contribution in [0, 0.1) is 5.92 Å². The van der Waals surface area contributed by atoms with Crippen LogP contribution in [0.25, 0.3) is 0 Å². The SMILES string of the molecule is COc1cc(C(=O)C2C3=C(OC2C(F)(F)F)C(=O)c2ccccc2C3=O)cc(OC)c1OC. The maximum Gasteiger partial charge on any atom is 0.426 e. The number of Topliss-reactive ketones (excluding diaryl/α,β-unsaturated/α-hetero) is 3. The van der Waals surface area contributed by atoms with Crippen molar-refractivity contribution in [1.82, 2.24) is 0 Å². The van der Waals surface area contributed by atoms with E-state index in [1.54, 1.807) is 0 Å². The van der Waals surface area contributed by atoms with Crippen LogP contribution in [-0.2, 0) is 4.74 Å². The summed E-state index contributed by atoms with van der Waals surface area (Å²) in [6.07, 6.45) is -7.75. The molecule has 4 rings (SSSR count). The molecule has 0 saturated heterocycles. The van der Waals surface area contributed by atoms with Crippen LogP contribution in [0.1, 0.15) is 31.1 Å². The van der Waals surface area contributed by atoms with Gasteiger partial charge < -0.3 is 18.9 Å². The number of fused-ring (bicyclic) bond motifs is 1. The van der Waals surface area contributed by atoms with Crippen LogP contribution in [0.4, 0.5) is 13.2 Å². The van der Waals surface area contributed by atoms with E-state index in [-0.39, 0.29) is 33.9 Å². The van der Waals surface area contributed by atoms with Gasteiger partial charge in [0.1, 0.15) is 5.92 Å². The minimum atomic E-state index is -5.04. The summed E-state index contributed by atoms with van der Waals surface area (Å²) in [5.74, 6) is -5.47. The molecule has 1 heterocycles. The maximum atomic E-state index is 13.9. The summed E-state index contributed by atoms with van der Waals surface area (Å²) in [6, 6.07) is 7.95. The molecule has 2 aliphatic rings. The fraction of sp³-hybridized carbons (Fsp3) is 0.261. The molecule has 2 aromatic rings. The number of halogens is 3. The lowest BCUT2D eigenvalue weighted by atomic mass is 9.79. The number of hydrogen-bond acceptors (Lipinski definition) is 7. The molecular weight excluding hydrogens is 445 g/mol. The van der Waals surface area contributed by atoms with Gasteiger partial charge in [0.15, 0.2) is 28.8 Å². The molecule has 0 amide bonds. The molecule has 0 N–H and O–H groups in total. The Bertz CT molecular complexity index is 1190. The van der Waals surface area contributed by atoms with E-state index in [4.69, 9.17) is 18.9 Å². The summed E-state index contributed by atoms with van der Waals surface area (Å²) in [7, 11) is 3.89. The number of rotatable bonds is 5. The molecule has 2 atom stereocenters. The number of methoxy groups -OCH3 is 3. The van der Waals surface area contributed by atoms with Crippen molar-refractivity contribution >= 4 is 17.3 Å². The van der Waals surface area contributed by atoms with E-state index in [9.17, 15) is 27.6 Å². The van der Waals surface area contributed by atoms with Gasteiger partial charge >= 0.3 is 6.18 Å². The van der Waals surface area contributed by atoms with Crippen LogP contribution in [0.3, 0.4) is 0 Å². The lowest BCUT2D eigenvalue weighted by Gasteiger charge is -2.23. The molecule has 2 aromatic carbocycles. The van der Waals surface area contributed by atoms with Gasteiger partial charge in [-0.3, -0.25) is 14.4 Å². The fourth-order valence-electron chi connectivity index (χ4n) is 4.05. The predicted octanol–water partition coefficient (Wildman–Crippen LogP) is 3.81. The van der Waals surface area contributed by atoms with E-state index in [2.05, 4.69) is 0 Å². The van der Waals surface area contributed by atoms with Gasteiger partial charge in [-0.2, -0.15) is 13.2 Å². The summed E-state index contributed by atoms with van der Waals surface area (Å²) < 4.78 is 62.3. The molecule has 7 nitrogen and oxygen atoms in total. The van der Waals surface area contributed by atoms with Gasteiger partial charge in [0.2, 0.25) is 17.6 Å². The molecular formula is C23H17F3O7. The minimum absolute atomic E-state index is 0.0354. The van der Waals surface area contributed by atoms with Gasteiger partial charge in [-0.1, -0.05) is 24.3 Å². The van der Waals surface area contributed by atoms with Crippen LogP contribution in [-0.4, -0.2) is 51.0 Å². The molecule has 1 aliphatic heterocycles. The van der Waals surface area contributed by atoms with Crippen molar-refractivity contribution in [2.24, 2.45) is 5.92 Å². The van der Waals surface area contributed by atoms with Crippen LogP contribution in [0.5, 0.6) is 17.2 Å². The predicted molar refractivity (Wildman–Crippen MR) is 107 cm³/mol. The van der Waals surface area contributed by atoms with Crippen molar-refractivity contribution in [3.63, 3.8) is 0 Å². The summed E-state index contributed by atoms with van der Waals surface area (Å²) in [5.41, 5.74) is -1.02. The number of allylic oxidation sites excluding steroid dienone is 1. The molecule has 0 radical (unpaired) electrons. The van der Waals surface area contributed by atoms with Gasteiger partial charge in [0, 0.05) is 16.7 Å². The zero-order valence-electron chi connectivity index (χ0n) is 17.6. The zero-order valence-corrected chi connectivity index (χ0v) is 17.6. The number of carbonyl (C=O) groups excluding carboxylic acids is 3. The summed E-state index contributed by atoms with van der Waals surface area (Å²) in [5, 5.41) is 0. The fourth-order valence-corrected chi connectivity index (χ4v) is 4.05. The second kappa shape index (κ2) is 7.95. The van der Waals surface area contributed by atoms with Crippen molar-refractivity contribution in [3.05, 3.63) is 64.4 Å². The number of hydrogen-bond donors (Lipinski definition) is 0. The van der Waals surface area contributed by atoms with E-state index < -0.39 is 46.9 Å². The first-order valence-electron chi connectivity index (χ1n) is 9.64. The zero-order chi connectivity index (χ0) is 24.1. The normalized spacial score (nSPS) is 19.6. The number of alkyl halides is 3. The van der Waals surface area contributed by atoms with Crippen LogP contribution in [0.2, 0.25) is 0 Å². The third-order valence-electron chi connectivity index (χ3n) is 5.52. The first kappa shape index (κ1) is 22.4. The van der Waals surface area contributed by atoms with Crippen molar-refractivity contribution in [1.29, 1.82) is 0 Å². The highest BCUT2D eigenvalue weighted by Gasteiger charge is 2.59. The number of carbonyl (C=O) groups is 3. The molecule has 1 aliphatic carbocycles. The average Bonchev–Trinajstić information content (AvgIpc) is 3.22. The van der Waals surface area contributed by atoms with Crippen LogP contribution in [0.15, 0.2) is 47.7 Å². The lowest BCUT2D eigenvalue weighted by molar-refractivity contribution is -0.208. The third-order valence-corrected chi connectivity index (χ3v) is 5.52. The number of ether oxygens (including phenoxy) is 4. The molecule has 0 spiro atoms. The smallest absolute Gasteiger partial charge is 0.426 e. The standard InChI is InChI=1S/C23H17F3O7/c1-30-13-8-10(9-14(31-2)20(13)32-3)17(27)16-15-18(28)11-6-4-5-7-12(11)19(29)21(15)33-22(16)23(24,25)26/h4-9,16,22H,1-3H3. The molecule has 0 saturated carbocycles. The third kappa shape index (κ3) is 3.42. The first-order valence-corrected chi connectivity index (χ1v) is 9.64. The molecule has 172 valence electrons. The second-order valence-electron chi connectivity index (χ2n) is 7.28. The Morgan fingerprint density at radius 3 is 1.94 bits per heavy atom. The van der Waals surface area contributed by atoms with Gasteiger partial charge in [0.05, 0.1) is 26.9 Å². The molecule has 33 heavy (non-hydrogen) atoms. The highest BCUT2D eigenvalue weighted by Crippen LogP contribution is 2.47. The summed E-state index contributed by atoms with van der Waals surface area (Å²) >= 11 is 0. The molecule has 0 fully saturated rings. The Kier molecular flexibility index (Phi) is 5.39. The van der Waals surface area contributed by atoms with Crippen LogP contribution >= 0.6 is 0 Å². The Balaban J connectivity index is 1.88. The second-order valence-corrected chi connectivity index (χ2v) is 7.28. The first-order chi connectivity index (χ1) is 15.6. The quantitative estimate of drug-likeness (QED) is 0.625. The number of ketones is 3. The molecule has 0 aromatic heterocycles. The van der Waals surface area contributed by atoms with Crippen molar-refractivity contribution in [2.45, 2.75) is 12.3 Å². The van der Waals surface area contributed by atoms with E-state index in [1.165, 1.54) is 57.7 Å². The van der Waals surface area contributed by atoms with E-state index in [0.29, 0.717) is 0 Å². The maximum absolute atomic E-state index is 13.9. The Labute approximate surface area is 185 Å². The van der Waals surface area contributed by atoms with E-state index in [1.807, 2.05) is 0 Å². The largest absolute Gasteiger partial charge is 0.493 e. The van der Waals surface area contributed by atoms with Gasteiger partial charge in [-0.15, -0.1) is 0 Å². The Morgan fingerprint density at radius 2 is 1.45 bits per heavy atom. The van der Waals surface area contributed by atoms with Gasteiger partial charge in [-0.25, -0.2) is 0 Å². The topological polar surface area (TPSA) is 88.1 Å².